The summed E-state index contributed by atoms with van der Waals surface area (Å²) in [4.78, 5) is 17.2. The molecule has 1 heterocycles. The number of hydrogen-bond acceptors (Lipinski definition) is 3. The number of aromatic nitrogens is 1. The number of thiazole rings is 1. The lowest BCUT2D eigenvalue weighted by Gasteiger charge is -2.16. The van der Waals surface area contributed by atoms with E-state index in [1.54, 1.807) is 11.3 Å². The van der Waals surface area contributed by atoms with Crippen molar-refractivity contribution in [2.45, 2.75) is 39.0 Å². The Morgan fingerprint density at radius 1 is 1.40 bits per heavy atom. The predicted molar refractivity (Wildman–Crippen MR) is 80.3 cm³/mol. The predicted octanol–water partition coefficient (Wildman–Crippen LogP) is 3.93. The number of aliphatic carboxylic acids is 1. The van der Waals surface area contributed by atoms with Gasteiger partial charge < -0.3 is 5.11 Å². The van der Waals surface area contributed by atoms with E-state index < -0.39 is 11.9 Å². The minimum absolute atomic E-state index is 0.422. The monoisotopic (exact) mass is 287 g/mol. The Balaban J connectivity index is 2.09. The van der Waals surface area contributed by atoms with Gasteiger partial charge in [-0.2, -0.15) is 0 Å². The maximum Gasteiger partial charge on any atom is 0.312 e. The highest BCUT2D eigenvalue weighted by Gasteiger charge is 2.30. The molecule has 0 spiro atoms. The van der Waals surface area contributed by atoms with E-state index in [-0.39, 0.29) is 0 Å². The molecule has 4 heteroatoms. The van der Waals surface area contributed by atoms with Crippen LogP contribution in [-0.2, 0) is 11.2 Å². The molecule has 1 aromatic heterocycles. The molecule has 0 fully saturated rings. The fourth-order valence-corrected chi connectivity index (χ4v) is 4.00. The van der Waals surface area contributed by atoms with Crippen LogP contribution < -0.4 is 0 Å². The van der Waals surface area contributed by atoms with Gasteiger partial charge in [-0.3, -0.25) is 4.79 Å². The Kier molecular flexibility index (Phi) is 3.34. The highest BCUT2D eigenvalue weighted by molar-refractivity contribution is 7.15. The van der Waals surface area contributed by atoms with Crippen molar-refractivity contribution in [2.75, 3.05) is 0 Å². The van der Waals surface area contributed by atoms with Crippen molar-refractivity contribution < 1.29 is 9.90 Å². The Hall–Kier alpha value is -1.68. The molecule has 1 aliphatic rings. The average Bonchev–Trinajstić information content (AvgIpc) is 2.84. The number of hydrogen-bond donors (Lipinski definition) is 1. The first kappa shape index (κ1) is 13.3. The average molecular weight is 287 g/mol. The van der Waals surface area contributed by atoms with Crippen molar-refractivity contribution in [1.82, 2.24) is 4.98 Å². The van der Waals surface area contributed by atoms with Crippen LogP contribution in [0.25, 0.3) is 10.6 Å². The topological polar surface area (TPSA) is 50.2 Å². The SMILES string of the molecule is Cc1cccc(-c2nc3c(s2)CCCC3C(=O)O)c1C. The summed E-state index contributed by atoms with van der Waals surface area (Å²) in [6, 6.07) is 6.20. The van der Waals surface area contributed by atoms with Crippen molar-refractivity contribution in [2.24, 2.45) is 0 Å². The van der Waals surface area contributed by atoms with Crippen LogP contribution in [0.2, 0.25) is 0 Å². The molecule has 1 atom stereocenters. The molecule has 0 bridgehead atoms. The third-order valence-corrected chi connectivity index (χ3v) is 5.25. The first-order valence-electron chi connectivity index (χ1n) is 6.87. The Labute approximate surface area is 122 Å². The summed E-state index contributed by atoms with van der Waals surface area (Å²) in [5, 5.41) is 10.3. The molecule has 0 amide bonds. The molecule has 0 radical (unpaired) electrons. The summed E-state index contributed by atoms with van der Waals surface area (Å²) in [7, 11) is 0. The standard InChI is InChI=1S/C16H17NO2S/c1-9-5-3-6-11(10(9)2)15-17-14-12(16(18)19)7-4-8-13(14)20-15/h3,5-6,12H,4,7-8H2,1-2H3,(H,18,19). The van der Waals surface area contributed by atoms with Gasteiger partial charge in [-0.25, -0.2) is 4.98 Å². The first-order valence-corrected chi connectivity index (χ1v) is 7.68. The highest BCUT2D eigenvalue weighted by Crippen LogP contribution is 2.39. The molecule has 1 aliphatic carbocycles. The molecular weight excluding hydrogens is 270 g/mol. The second kappa shape index (κ2) is 5.02. The fraction of sp³-hybridized carbons (Fsp3) is 0.375. The smallest absolute Gasteiger partial charge is 0.312 e. The number of aryl methyl sites for hydroxylation is 2. The van der Waals surface area contributed by atoms with E-state index in [9.17, 15) is 9.90 Å². The van der Waals surface area contributed by atoms with Crippen molar-refractivity contribution in [3.05, 3.63) is 39.9 Å². The summed E-state index contributed by atoms with van der Waals surface area (Å²) >= 11 is 1.66. The summed E-state index contributed by atoms with van der Waals surface area (Å²) < 4.78 is 0. The van der Waals surface area contributed by atoms with Crippen LogP contribution in [0.4, 0.5) is 0 Å². The third kappa shape index (κ3) is 2.14. The lowest BCUT2D eigenvalue weighted by molar-refractivity contribution is -0.139. The summed E-state index contributed by atoms with van der Waals surface area (Å²) in [6.45, 7) is 4.19. The number of carbonyl (C=O) groups is 1. The van der Waals surface area contributed by atoms with Gasteiger partial charge in [0.05, 0.1) is 11.6 Å². The lowest BCUT2D eigenvalue weighted by atomic mass is 9.91. The van der Waals surface area contributed by atoms with E-state index in [0.717, 1.165) is 34.0 Å². The normalized spacial score (nSPS) is 17.8. The van der Waals surface area contributed by atoms with Crippen molar-refractivity contribution in [3.63, 3.8) is 0 Å². The Bertz CT molecular complexity index is 675. The molecule has 0 saturated heterocycles. The molecule has 3 rings (SSSR count). The quantitative estimate of drug-likeness (QED) is 0.910. The summed E-state index contributed by atoms with van der Waals surface area (Å²) in [6.07, 6.45) is 2.61. The van der Waals surface area contributed by atoms with Gasteiger partial charge in [-0.1, -0.05) is 18.2 Å². The van der Waals surface area contributed by atoms with Gasteiger partial charge in [-0.05, 0) is 44.2 Å². The molecule has 3 nitrogen and oxygen atoms in total. The van der Waals surface area contributed by atoms with E-state index in [1.807, 2.05) is 6.07 Å². The number of fused-ring (bicyclic) bond motifs is 1. The largest absolute Gasteiger partial charge is 0.481 e. The van der Waals surface area contributed by atoms with Gasteiger partial charge in [0.1, 0.15) is 5.01 Å². The Morgan fingerprint density at radius 2 is 2.20 bits per heavy atom. The molecule has 104 valence electrons. The summed E-state index contributed by atoms with van der Waals surface area (Å²) in [5.74, 6) is -1.17. The van der Waals surface area contributed by atoms with Gasteiger partial charge in [0.15, 0.2) is 0 Å². The van der Waals surface area contributed by atoms with Crippen molar-refractivity contribution in [1.29, 1.82) is 0 Å². The molecule has 1 unspecified atom stereocenters. The zero-order chi connectivity index (χ0) is 14.3. The molecule has 0 aliphatic heterocycles. The van der Waals surface area contributed by atoms with Crippen LogP contribution in [0.1, 0.15) is 40.5 Å². The highest BCUT2D eigenvalue weighted by atomic mass is 32.1. The number of benzene rings is 1. The third-order valence-electron chi connectivity index (χ3n) is 4.09. The lowest BCUT2D eigenvalue weighted by Crippen LogP contribution is -2.17. The van der Waals surface area contributed by atoms with Crippen LogP contribution in [0, 0.1) is 13.8 Å². The number of nitrogens with zero attached hydrogens (tertiary/aromatic N) is 1. The van der Waals surface area contributed by atoms with Gasteiger partial charge in [0.2, 0.25) is 0 Å². The van der Waals surface area contributed by atoms with E-state index >= 15 is 0 Å². The number of rotatable bonds is 2. The van der Waals surface area contributed by atoms with E-state index in [1.165, 1.54) is 11.1 Å². The van der Waals surface area contributed by atoms with Crippen LogP contribution in [0.3, 0.4) is 0 Å². The maximum absolute atomic E-state index is 11.3. The van der Waals surface area contributed by atoms with Crippen molar-refractivity contribution >= 4 is 17.3 Å². The van der Waals surface area contributed by atoms with Gasteiger partial charge >= 0.3 is 5.97 Å². The Morgan fingerprint density at radius 3 is 2.95 bits per heavy atom. The fourth-order valence-electron chi connectivity index (χ4n) is 2.76. The molecule has 1 N–H and O–H groups in total. The van der Waals surface area contributed by atoms with E-state index in [4.69, 9.17) is 0 Å². The van der Waals surface area contributed by atoms with Crippen LogP contribution in [0.5, 0.6) is 0 Å². The number of carboxylic acids is 1. The maximum atomic E-state index is 11.3. The molecule has 20 heavy (non-hydrogen) atoms. The molecule has 0 saturated carbocycles. The van der Waals surface area contributed by atoms with Crippen LogP contribution in [-0.4, -0.2) is 16.1 Å². The molecule has 1 aromatic carbocycles. The second-order valence-electron chi connectivity index (χ2n) is 5.36. The van der Waals surface area contributed by atoms with Crippen molar-refractivity contribution in [3.8, 4) is 10.6 Å². The molecular formula is C16H17NO2S. The summed E-state index contributed by atoms with van der Waals surface area (Å²) in [5.41, 5.74) is 4.40. The van der Waals surface area contributed by atoms with Crippen LogP contribution in [0.15, 0.2) is 18.2 Å². The minimum atomic E-state index is -0.747. The van der Waals surface area contributed by atoms with Crippen LogP contribution >= 0.6 is 11.3 Å². The minimum Gasteiger partial charge on any atom is -0.481 e. The first-order chi connectivity index (χ1) is 9.58. The van der Waals surface area contributed by atoms with Gasteiger partial charge in [-0.15, -0.1) is 11.3 Å². The number of carboxylic acid groups (broad SMARTS) is 1. The van der Waals surface area contributed by atoms with E-state index in [0.29, 0.717) is 6.42 Å². The zero-order valence-electron chi connectivity index (χ0n) is 11.6. The molecule has 2 aromatic rings. The second-order valence-corrected chi connectivity index (χ2v) is 6.44. The van der Waals surface area contributed by atoms with E-state index in [2.05, 4.69) is 31.0 Å². The van der Waals surface area contributed by atoms with Gasteiger partial charge in [0, 0.05) is 10.4 Å². The zero-order valence-corrected chi connectivity index (χ0v) is 12.5. The van der Waals surface area contributed by atoms with Gasteiger partial charge in [0.25, 0.3) is 0 Å².